The predicted molar refractivity (Wildman–Crippen MR) is 109 cm³/mol. The lowest BCUT2D eigenvalue weighted by molar-refractivity contribution is -0.117. The van der Waals surface area contributed by atoms with E-state index >= 15 is 0 Å². The molecule has 1 fully saturated rings. The molecule has 0 N–H and O–H groups in total. The first-order chi connectivity index (χ1) is 13.7. The Hall–Kier alpha value is -3.54. The Balaban J connectivity index is 1.51. The van der Waals surface area contributed by atoms with Crippen LogP contribution in [0.3, 0.4) is 0 Å². The van der Waals surface area contributed by atoms with Crippen LogP contribution >= 0.6 is 0 Å². The highest BCUT2D eigenvalue weighted by molar-refractivity contribution is 5.96. The summed E-state index contributed by atoms with van der Waals surface area (Å²) in [7, 11) is 1.90. The van der Waals surface area contributed by atoms with Gasteiger partial charge in [-0.1, -0.05) is 12.1 Å². The largest absolute Gasteiger partial charge is 0.312 e. The minimum Gasteiger partial charge on any atom is -0.312 e. The molecule has 0 aliphatic carbocycles. The molecule has 0 radical (unpaired) electrons. The Morgan fingerprint density at radius 2 is 1.82 bits per heavy atom. The molecule has 1 aliphatic heterocycles. The minimum absolute atomic E-state index is 0.203. The monoisotopic (exact) mass is 369 g/mol. The number of anilines is 1. The number of hydrogen-bond acceptors (Lipinski definition) is 4. The molecular weight excluding hydrogens is 350 g/mol. The van der Waals surface area contributed by atoms with Crippen molar-refractivity contribution < 1.29 is 4.79 Å². The summed E-state index contributed by atoms with van der Waals surface area (Å²) in [6, 6.07) is 12.2. The molecule has 138 valence electrons. The molecule has 3 aromatic heterocycles. The summed E-state index contributed by atoms with van der Waals surface area (Å²) in [5.74, 6) is 0.203. The standard InChI is InChI=1S/C22H19N5O/c1-26-14-20-19(8-9-24-22(20)25-26)17-11-16(12-23-13-17)15-4-6-18(7-5-15)27-10-2-3-21(27)28/h4-9,11-14H,2-3,10H2,1H3. The number of carbonyl (C=O) groups is 1. The molecule has 0 atom stereocenters. The van der Waals surface area contributed by atoms with Gasteiger partial charge in [-0.3, -0.25) is 14.5 Å². The Kier molecular flexibility index (Phi) is 3.90. The van der Waals surface area contributed by atoms with Crippen LogP contribution < -0.4 is 4.90 Å². The van der Waals surface area contributed by atoms with Gasteiger partial charge < -0.3 is 4.90 Å². The van der Waals surface area contributed by atoms with Crippen LogP contribution in [-0.4, -0.2) is 32.2 Å². The highest BCUT2D eigenvalue weighted by Crippen LogP contribution is 2.31. The van der Waals surface area contributed by atoms with E-state index in [2.05, 4.69) is 21.1 Å². The lowest BCUT2D eigenvalue weighted by Gasteiger charge is -2.16. The van der Waals surface area contributed by atoms with E-state index in [1.165, 1.54) is 0 Å². The lowest BCUT2D eigenvalue weighted by Crippen LogP contribution is -2.23. The van der Waals surface area contributed by atoms with Crippen molar-refractivity contribution in [3.63, 3.8) is 0 Å². The molecule has 0 bridgehead atoms. The maximum Gasteiger partial charge on any atom is 0.227 e. The number of aromatic nitrogens is 4. The second-order valence-corrected chi connectivity index (χ2v) is 7.06. The average molecular weight is 369 g/mol. The summed E-state index contributed by atoms with van der Waals surface area (Å²) in [5, 5.41) is 5.39. The Labute approximate surface area is 162 Å². The number of amides is 1. The fourth-order valence-electron chi connectivity index (χ4n) is 3.79. The average Bonchev–Trinajstić information content (AvgIpc) is 3.32. The molecule has 5 rings (SSSR count). The number of hydrogen-bond donors (Lipinski definition) is 0. The van der Waals surface area contributed by atoms with Crippen molar-refractivity contribution in [2.75, 3.05) is 11.4 Å². The van der Waals surface area contributed by atoms with E-state index in [1.807, 2.05) is 60.9 Å². The first-order valence-corrected chi connectivity index (χ1v) is 9.34. The van der Waals surface area contributed by atoms with Gasteiger partial charge in [0.25, 0.3) is 0 Å². The van der Waals surface area contributed by atoms with E-state index in [1.54, 1.807) is 10.9 Å². The minimum atomic E-state index is 0.203. The molecule has 0 unspecified atom stereocenters. The Morgan fingerprint density at radius 3 is 2.61 bits per heavy atom. The van der Waals surface area contributed by atoms with E-state index in [4.69, 9.17) is 0 Å². The van der Waals surface area contributed by atoms with Gasteiger partial charge in [0.2, 0.25) is 5.91 Å². The van der Waals surface area contributed by atoms with Crippen molar-refractivity contribution >= 4 is 22.6 Å². The van der Waals surface area contributed by atoms with Crippen molar-refractivity contribution in [2.24, 2.45) is 7.05 Å². The van der Waals surface area contributed by atoms with Gasteiger partial charge in [-0.2, -0.15) is 5.10 Å². The highest BCUT2D eigenvalue weighted by Gasteiger charge is 2.21. The number of pyridine rings is 2. The summed E-state index contributed by atoms with van der Waals surface area (Å²) >= 11 is 0. The van der Waals surface area contributed by atoms with Gasteiger partial charge in [0, 0.05) is 67.0 Å². The van der Waals surface area contributed by atoms with Crippen LogP contribution in [-0.2, 0) is 11.8 Å². The number of benzene rings is 1. The Bertz CT molecular complexity index is 1180. The third-order valence-corrected chi connectivity index (χ3v) is 5.17. The van der Waals surface area contributed by atoms with Crippen molar-refractivity contribution in [2.45, 2.75) is 12.8 Å². The van der Waals surface area contributed by atoms with Crippen LogP contribution in [0.4, 0.5) is 5.69 Å². The number of carbonyl (C=O) groups excluding carboxylic acids is 1. The van der Waals surface area contributed by atoms with Gasteiger partial charge in [0.1, 0.15) is 0 Å². The fourth-order valence-corrected chi connectivity index (χ4v) is 3.79. The van der Waals surface area contributed by atoms with Gasteiger partial charge in [0.15, 0.2) is 5.65 Å². The zero-order valence-electron chi connectivity index (χ0n) is 15.5. The van der Waals surface area contributed by atoms with Crippen LogP contribution in [0.15, 0.2) is 61.2 Å². The number of nitrogens with zero attached hydrogens (tertiary/aromatic N) is 5. The number of aryl methyl sites for hydroxylation is 1. The zero-order chi connectivity index (χ0) is 19.1. The van der Waals surface area contributed by atoms with Crippen molar-refractivity contribution in [1.82, 2.24) is 19.7 Å². The van der Waals surface area contributed by atoms with Gasteiger partial charge >= 0.3 is 0 Å². The second-order valence-electron chi connectivity index (χ2n) is 7.06. The summed E-state index contributed by atoms with van der Waals surface area (Å²) in [6.45, 7) is 0.804. The van der Waals surface area contributed by atoms with E-state index in [0.29, 0.717) is 6.42 Å². The molecule has 28 heavy (non-hydrogen) atoms. The van der Waals surface area contributed by atoms with E-state index in [0.717, 1.165) is 51.9 Å². The molecule has 6 nitrogen and oxygen atoms in total. The summed E-state index contributed by atoms with van der Waals surface area (Å²) in [4.78, 5) is 22.6. The molecule has 1 saturated heterocycles. The van der Waals surface area contributed by atoms with Crippen LogP contribution in [0.1, 0.15) is 12.8 Å². The third kappa shape index (κ3) is 2.83. The quantitative estimate of drug-likeness (QED) is 0.551. The van der Waals surface area contributed by atoms with Crippen LogP contribution in [0, 0.1) is 0 Å². The molecule has 4 heterocycles. The number of rotatable bonds is 3. The zero-order valence-corrected chi connectivity index (χ0v) is 15.5. The lowest BCUT2D eigenvalue weighted by atomic mass is 10.0. The van der Waals surface area contributed by atoms with E-state index in [9.17, 15) is 4.79 Å². The molecule has 4 aromatic rings. The Morgan fingerprint density at radius 1 is 1.00 bits per heavy atom. The smallest absolute Gasteiger partial charge is 0.227 e. The SMILES string of the molecule is Cn1cc2c(-c3cncc(-c4ccc(N5CCCC5=O)cc4)c3)ccnc2n1. The van der Waals surface area contributed by atoms with Crippen molar-refractivity contribution in [3.8, 4) is 22.3 Å². The topological polar surface area (TPSA) is 63.9 Å². The van der Waals surface area contributed by atoms with Gasteiger partial charge in [-0.15, -0.1) is 0 Å². The number of fused-ring (bicyclic) bond motifs is 1. The first-order valence-electron chi connectivity index (χ1n) is 9.34. The first kappa shape index (κ1) is 16.6. The summed E-state index contributed by atoms with van der Waals surface area (Å²) in [5.41, 5.74) is 5.88. The molecule has 1 amide bonds. The highest BCUT2D eigenvalue weighted by atomic mass is 16.2. The van der Waals surface area contributed by atoms with Crippen LogP contribution in [0.5, 0.6) is 0 Å². The predicted octanol–water partition coefficient (Wildman–Crippen LogP) is 3.82. The molecule has 0 saturated carbocycles. The van der Waals surface area contributed by atoms with Gasteiger partial charge in [0.05, 0.1) is 0 Å². The molecule has 6 heteroatoms. The normalized spacial score (nSPS) is 14.2. The van der Waals surface area contributed by atoms with E-state index < -0.39 is 0 Å². The molecular formula is C22H19N5O. The molecule has 1 aliphatic rings. The van der Waals surface area contributed by atoms with Gasteiger partial charge in [-0.25, -0.2) is 4.98 Å². The van der Waals surface area contributed by atoms with Crippen LogP contribution in [0.25, 0.3) is 33.3 Å². The molecule has 0 spiro atoms. The van der Waals surface area contributed by atoms with Crippen LogP contribution in [0.2, 0.25) is 0 Å². The second kappa shape index (κ2) is 6.56. The molecule has 1 aromatic carbocycles. The van der Waals surface area contributed by atoms with Gasteiger partial charge in [-0.05, 0) is 41.8 Å². The summed E-state index contributed by atoms with van der Waals surface area (Å²) in [6.07, 6.45) is 9.05. The summed E-state index contributed by atoms with van der Waals surface area (Å²) < 4.78 is 1.77. The maximum absolute atomic E-state index is 11.9. The van der Waals surface area contributed by atoms with E-state index in [-0.39, 0.29) is 5.91 Å². The third-order valence-electron chi connectivity index (χ3n) is 5.17. The fraction of sp³-hybridized carbons (Fsp3) is 0.182. The van der Waals surface area contributed by atoms with Crippen molar-refractivity contribution in [1.29, 1.82) is 0 Å². The maximum atomic E-state index is 11.9. The van der Waals surface area contributed by atoms with Crippen molar-refractivity contribution in [3.05, 3.63) is 61.2 Å².